The van der Waals surface area contributed by atoms with Gasteiger partial charge in [0.1, 0.15) is 17.1 Å². The molecule has 4 aromatic rings. The molecule has 5 nitrogen and oxygen atoms in total. The molecule has 1 heterocycles. The zero-order valence-corrected chi connectivity index (χ0v) is 20.1. The number of Topliss-reactive ketones (excluding diaryl/α,β-unsaturated/α-hetero) is 1. The lowest BCUT2D eigenvalue weighted by Gasteiger charge is -2.27. The minimum Gasteiger partial charge on any atom is -0.507 e. The average Bonchev–Trinajstić information content (AvgIpc) is 2.77. The molecule has 3 aromatic carbocycles. The molecule has 0 spiro atoms. The summed E-state index contributed by atoms with van der Waals surface area (Å²) in [5.74, 6) is -1.70. The van der Waals surface area contributed by atoms with Crippen LogP contribution in [0.1, 0.15) is 50.4 Å². The van der Waals surface area contributed by atoms with Crippen LogP contribution in [0.4, 0.5) is 0 Å². The van der Waals surface area contributed by atoms with E-state index in [4.69, 9.17) is 4.42 Å². The topological polar surface area (TPSA) is 87.7 Å². The van der Waals surface area contributed by atoms with Gasteiger partial charge in [0.15, 0.2) is 5.78 Å². The van der Waals surface area contributed by atoms with Crippen molar-refractivity contribution in [2.45, 2.75) is 40.0 Å². The van der Waals surface area contributed by atoms with Crippen LogP contribution in [0.2, 0.25) is 0 Å². The third kappa shape index (κ3) is 3.64. The molecule has 0 radical (unpaired) electrons. The highest BCUT2D eigenvalue weighted by Gasteiger charge is 2.37. The molecule has 1 aromatic heterocycles. The van der Waals surface area contributed by atoms with Crippen LogP contribution in [0.25, 0.3) is 16.7 Å². The Morgan fingerprint density at radius 2 is 1.51 bits per heavy atom. The van der Waals surface area contributed by atoms with E-state index in [1.54, 1.807) is 30.3 Å². The van der Waals surface area contributed by atoms with E-state index < -0.39 is 11.5 Å². The Balaban J connectivity index is 1.88. The maximum Gasteiger partial charge on any atom is 0.344 e. The number of benzene rings is 3. The third-order valence-electron chi connectivity index (χ3n) is 6.77. The fraction of sp³-hybridized carbons (Fsp3) is 0.200. The lowest BCUT2D eigenvalue weighted by Crippen LogP contribution is -2.25. The van der Waals surface area contributed by atoms with E-state index in [-0.39, 0.29) is 40.4 Å². The van der Waals surface area contributed by atoms with Crippen molar-refractivity contribution in [3.8, 4) is 5.75 Å². The molecular weight excluding hydrogens is 440 g/mol. The number of carbonyl (C=O) groups is 1. The molecule has 176 valence electrons. The molecule has 5 rings (SSSR count). The number of allylic oxidation sites excluding steroid dienone is 1. The molecule has 1 atom stereocenters. The van der Waals surface area contributed by atoms with Gasteiger partial charge in [0.2, 0.25) is 0 Å². The van der Waals surface area contributed by atoms with E-state index >= 15 is 0 Å². The second kappa shape index (κ2) is 8.27. The summed E-state index contributed by atoms with van der Waals surface area (Å²) in [7, 11) is 0. The second-order valence-corrected chi connectivity index (χ2v) is 9.43. The van der Waals surface area contributed by atoms with E-state index in [0.717, 1.165) is 27.8 Å². The van der Waals surface area contributed by atoms with Crippen LogP contribution in [0, 0.1) is 27.7 Å². The molecule has 0 aliphatic heterocycles. The van der Waals surface area contributed by atoms with Crippen LogP contribution in [0.15, 0.2) is 69.4 Å². The minimum absolute atomic E-state index is 0.0567. The first-order valence-corrected chi connectivity index (χ1v) is 11.6. The molecule has 0 fully saturated rings. The normalized spacial score (nSPS) is 14.3. The van der Waals surface area contributed by atoms with E-state index in [0.29, 0.717) is 16.5 Å². The zero-order valence-electron chi connectivity index (χ0n) is 20.1. The fourth-order valence-electron chi connectivity index (χ4n) is 5.44. The first-order valence-electron chi connectivity index (χ1n) is 11.6. The summed E-state index contributed by atoms with van der Waals surface area (Å²) in [6, 6.07) is 16.4. The smallest absolute Gasteiger partial charge is 0.344 e. The molecule has 0 saturated heterocycles. The molecule has 35 heavy (non-hydrogen) atoms. The van der Waals surface area contributed by atoms with E-state index in [9.17, 15) is 19.8 Å². The minimum atomic E-state index is -1.00. The van der Waals surface area contributed by atoms with Crippen molar-refractivity contribution in [2.24, 2.45) is 0 Å². The number of rotatable bonds is 3. The first-order chi connectivity index (χ1) is 16.7. The molecular formula is C30H26O5. The predicted molar refractivity (Wildman–Crippen MR) is 136 cm³/mol. The van der Waals surface area contributed by atoms with Crippen molar-refractivity contribution >= 4 is 22.5 Å². The molecule has 1 unspecified atom stereocenters. The van der Waals surface area contributed by atoms with Crippen LogP contribution >= 0.6 is 0 Å². The number of aryl methyl sites for hydroxylation is 4. The molecule has 0 saturated carbocycles. The standard InChI is InChI=1S/C30H26O5/c1-15-10-17(3)23-20(12-15)14-21(31)26(28(23)32)25(19-8-6-5-7-9-19)27-29(33)24-18(4)11-16(2)13-22(24)35-30(27)34/h5-13,25,32-33H,14H2,1-4H3. The number of hydrogen-bond acceptors (Lipinski definition) is 5. The highest BCUT2D eigenvalue weighted by molar-refractivity contribution is 6.08. The SMILES string of the molecule is Cc1cc(C)c2c(c1)CC(=O)C(C(c1ccccc1)c1c(O)c3c(C)cc(C)cc3oc1=O)=C2O. The molecule has 0 bridgehead atoms. The summed E-state index contributed by atoms with van der Waals surface area (Å²) in [6.45, 7) is 7.56. The van der Waals surface area contributed by atoms with Crippen molar-refractivity contribution in [1.82, 2.24) is 0 Å². The quantitative estimate of drug-likeness (QED) is 0.364. The maximum absolute atomic E-state index is 13.5. The third-order valence-corrected chi connectivity index (χ3v) is 6.77. The van der Waals surface area contributed by atoms with Gasteiger partial charge in [-0.1, -0.05) is 54.1 Å². The Hall–Kier alpha value is -4.12. The number of aromatic hydroxyl groups is 1. The number of aliphatic hydroxyl groups is 1. The molecule has 5 heteroatoms. The zero-order chi connectivity index (χ0) is 25.0. The summed E-state index contributed by atoms with van der Waals surface area (Å²) in [5, 5.41) is 23.4. The largest absolute Gasteiger partial charge is 0.507 e. The van der Waals surface area contributed by atoms with E-state index in [1.165, 1.54) is 0 Å². The van der Waals surface area contributed by atoms with Gasteiger partial charge in [0.25, 0.3) is 0 Å². The van der Waals surface area contributed by atoms with Crippen molar-refractivity contribution in [3.05, 3.63) is 115 Å². The van der Waals surface area contributed by atoms with Crippen LogP contribution in [-0.2, 0) is 11.2 Å². The van der Waals surface area contributed by atoms with E-state index in [1.807, 2.05) is 52.0 Å². The van der Waals surface area contributed by atoms with Crippen LogP contribution < -0.4 is 5.63 Å². The second-order valence-electron chi connectivity index (χ2n) is 9.43. The maximum atomic E-state index is 13.5. The van der Waals surface area contributed by atoms with Gasteiger partial charge in [-0.2, -0.15) is 0 Å². The fourth-order valence-corrected chi connectivity index (χ4v) is 5.44. The summed E-state index contributed by atoms with van der Waals surface area (Å²) in [4.78, 5) is 26.9. The van der Waals surface area contributed by atoms with Crippen LogP contribution in [-0.4, -0.2) is 16.0 Å². The van der Waals surface area contributed by atoms with Gasteiger partial charge in [-0.15, -0.1) is 0 Å². The lowest BCUT2D eigenvalue weighted by molar-refractivity contribution is -0.115. The summed E-state index contributed by atoms with van der Waals surface area (Å²) in [6.07, 6.45) is 0.0957. The molecule has 2 N–H and O–H groups in total. The Kier molecular flexibility index (Phi) is 5.36. The summed E-state index contributed by atoms with van der Waals surface area (Å²) in [5.41, 5.74) is 5.01. The van der Waals surface area contributed by atoms with Gasteiger partial charge in [-0.3, -0.25) is 4.79 Å². The Bertz CT molecular complexity index is 1610. The Labute approximate surface area is 203 Å². The number of fused-ring (bicyclic) bond motifs is 2. The Morgan fingerprint density at radius 3 is 2.23 bits per heavy atom. The molecule has 1 aliphatic rings. The number of ketones is 1. The number of hydrogen-bond donors (Lipinski definition) is 2. The number of carbonyl (C=O) groups excluding carboxylic acids is 1. The molecule has 0 amide bonds. The van der Waals surface area contributed by atoms with Crippen molar-refractivity contribution in [2.75, 3.05) is 0 Å². The van der Waals surface area contributed by atoms with Gasteiger partial charge < -0.3 is 14.6 Å². The van der Waals surface area contributed by atoms with Gasteiger partial charge in [-0.25, -0.2) is 4.79 Å². The summed E-state index contributed by atoms with van der Waals surface area (Å²) >= 11 is 0. The molecule has 1 aliphatic carbocycles. The highest BCUT2D eigenvalue weighted by Crippen LogP contribution is 2.44. The monoisotopic (exact) mass is 466 g/mol. The van der Waals surface area contributed by atoms with Gasteiger partial charge in [0.05, 0.1) is 22.4 Å². The van der Waals surface area contributed by atoms with Crippen LogP contribution in [0.5, 0.6) is 5.75 Å². The van der Waals surface area contributed by atoms with Gasteiger partial charge in [0, 0.05) is 12.0 Å². The van der Waals surface area contributed by atoms with Gasteiger partial charge >= 0.3 is 5.63 Å². The highest BCUT2D eigenvalue weighted by atomic mass is 16.4. The lowest BCUT2D eigenvalue weighted by atomic mass is 9.76. The van der Waals surface area contributed by atoms with Crippen molar-refractivity contribution < 1.29 is 19.4 Å². The number of aliphatic hydroxyl groups excluding tert-OH is 1. The van der Waals surface area contributed by atoms with Crippen molar-refractivity contribution in [3.63, 3.8) is 0 Å². The Morgan fingerprint density at radius 1 is 0.857 bits per heavy atom. The van der Waals surface area contributed by atoms with Crippen LogP contribution in [0.3, 0.4) is 0 Å². The first kappa shape index (κ1) is 22.7. The predicted octanol–water partition coefficient (Wildman–Crippen LogP) is 5.96. The average molecular weight is 467 g/mol. The summed E-state index contributed by atoms with van der Waals surface area (Å²) < 4.78 is 5.68. The van der Waals surface area contributed by atoms with E-state index in [2.05, 4.69) is 0 Å². The van der Waals surface area contributed by atoms with Gasteiger partial charge in [-0.05, 0) is 61.6 Å². The van der Waals surface area contributed by atoms with Crippen molar-refractivity contribution in [1.29, 1.82) is 0 Å².